The van der Waals surface area contributed by atoms with Gasteiger partial charge in [0.1, 0.15) is 0 Å². The van der Waals surface area contributed by atoms with Gasteiger partial charge in [-0.2, -0.15) is 0 Å². The van der Waals surface area contributed by atoms with Crippen molar-refractivity contribution in [3.05, 3.63) is 59.4 Å². The fraction of sp³-hybridized carbons (Fsp3) is 0. The van der Waals surface area contributed by atoms with Crippen molar-refractivity contribution in [3.8, 4) is 0 Å². The predicted octanol–water partition coefficient (Wildman–Crippen LogP) is 2.23. The Morgan fingerprint density at radius 2 is 1.70 bits per heavy atom. The first-order valence-electron chi connectivity index (χ1n) is 5.63. The van der Waals surface area contributed by atoms with Crippen molar-refractivity contribution in [3.63, 3.8) is 0 Å². The molecule has 2 N–H and O–H groups in total. The summed E-state index contributed by atoms with van der Waals surface area (Å²) in [6.07, 6.45) is 3.03. The molecular formula is C14H10N2O4. The molecule has 0 aliphatic rings. The van der Waals surface area contributed by atoms with Gasteiger partial charge in [0, 0.05) is 6.20 Å². The van der Waals surface area contributed by atoms with Crippen LogP contribution in [0.5, 0.6) is 0 Å². The maximum atomic E-state index is 10.9. The quantitative estimate of drug-likeness (QED) is 0.830. The zero-order valence-corrected chi connectivity index (χ0v) is 10.2. The molecule has 0 saturated heterocycles. The number of benzene rings is 1. The smallest absolute Gasteiger partial charge is 0.335 e. The lowest BCUT2D eigenvalue weighted by Gasteiger charge is -2.01. The number of rotatable bonds is 4. The minimum atomic E-state index is -1.21. The Balaban J connectivity index is 2.38. The number of pyridine rings is 1. The molecule has 1 heterocycles. The second-order valence-electron chi connectivity index (χ2n) is 3.89. The van der Waals surface area contributed by atoms with Gasteiger partial charge in [0.05, 0.1) is 28.7 Å². The van der Waals surface area contributed by atoms with Gasteiger partial charge in [0.25, 0.3) is 0 Å². The van der Waals surface area contributed by atoms with E-state index in [4.69, 9.17) is 10.2 Å². The number of aromatic nitrogens is 1. The lowest BCUT2D eigenvalue weighted by Crippen LogP contribution is -2.01. The van der Waals surface area contributed by atoms with E-state index in [2.05, 4.69) is 9.98 Å². The van der Waals surface area contributed by atoms with Crippen molar-refractivity contribution in [2.24, 2.45) is 4.99 Å². The van der Waals surface area contributed by atoms with Gasteiger partial charge >= 0.3 is 11.9 Å². The fourth-order valence-electron chi connectivity index (χ4n) is 1.53. The van der Waals surface area contributed by atoms with Crippen LogP contribution in [0.15, 0.2) is 47.6 Å². The summed E-state index contributed by atoms with van der Waals surface area (Å²) in [5, 5.41) is 17.9. The number of aliphatic imine (C=N–C) groups is 1. The lowest BCUT2D eigenvalue weighted by molar-refractivity contribution is 0.0696. The molecule has 0 spiro atoms. The van der Waals surface area contributed by atoms with Gasteiger partial charge in [0.15, 0.2) is 0 Å². The minimum absolute atomic E-state index is 0.127. The zero-order valence-electron chi connectivity index (χ0n) is 10.2. The molecule has 1 aromatic heterocycles. The van der Waals surface area contributed by atoms with Crippen LogP contribution >= 0.6 is 0 Å². The molecule has 0 amide bonds. The molecule has 6 nitrogen and oxygen atoms in total. The third-order valence-electron chi connectivity index (χ3n) is 2.45. The minimum Gasteiger partial charge on any atom is -0.478 e. The summed E-state index contributed by atoms with van der Waals surface area (Å²) in [7, 11) is 0. The Labute approximate surface area is 114 Å². The molecule has 0 unspecified atom stereocenters. The molecule has 2 aromatic rings. The number of carbonyl (C=O) groups is 2. The molecular weight excluding hydrogens is 260 g/mol. The molecule has 0 radical (unpaired) electrons. The van der Waals surface area contributed by atoms with Gasteiger partial charge in [-0.1, -0.05) is 6.07 Å². The van der Waals surface area contributed by atoms with E-state index < -0.39 is 11.9 Å². The van der Waals surface area contributed by atoms with E-state index in [1.54, 1.807) is 24.4 Å². The fourth-order valence-corrected chi connectivity index (χ4v) is 1.53. The van der Waals surface area contributed by atoms with Crippen LogP contribution in [-0.2, 0) is 0 Å². The molecule has 0 saturated carbocycles. The first kappa shape index (κ1) is 13.4. The third kappa shape index (κ3) is 3.26. The van der Waals surface area contributed by atoms with Gasteiger partial charge in [-0.15, -0.1) is 0 Å². The van der Waals surface area contributed by atoms with E-state index in [-0.39, 0.29) is 16.8 Å². The molecule has 0 atom stereocenters. The van der Waals surface area contributed by atoms with Gasteiger partial charge in [-0.05, 0) is 30.3 Å². The summed E-state index contributed by atoms with van der Waals surface area (Å²) in [5.41, 5.74) is 0.578. The third-order valence-corrected chi connectivity index (χ3v) is 2.45. The van der Waals surface area contributed by atoms with Crippen LogP contribution in [0, 0.1) is 0 Å². The van der Waals surface area contributed by atoms with Crippen LogP contribution in [0.25, 0.3) is 0 Å². The molecule has 0 aliphatic carbocycles. The average Bonchev–Trinajstić information content (AvgIpc) is 2.45. The Kier molecular flexibility index (Phi) is 3.85. The lowest BCUT2D eigenvalue weighted by atomic mass is 10.1. The van der Waals surface area contributed by atoms with Crippen LogP contribution in [-0.4, -0.2) is 33.4 Å². The van der Waals surface area contributed by atoms with E-state index >= 15 is 0 Å². The highest BCUT2D eigenvalue weighted by atomic mass is 16.4. The standard InChI is InChI=1S/C14H10N2O4/c17-13(18)9-5-10(14(19)20)7-12(6-9)16-8-11-3-1-2-4-15-11/h1-8H,(H,17,18)(H,19,20). The number of carboxylic acid groups (broad SMARTS) is 2. The number of aromatic carboxylic acids is 2. The van der Waals surface area contributed by atoms with Crippen molar-refractivity contribution in [1.29, 1.82) is 0 Å². The van der Waals surface area contributed by atoms with Crippen LogP contribution in [0.3, 0.4) is 0 Å². The highest BCUT2D eigenvalue weighted by Gasteiger charge is 2.10. The van der Waals surface area contributed by atoms with Crippen molar-refractivity contribution in [2.45, 2.75) is 0 Å². The van der Waals surface area contributed by atoms with Crippen molar-refractivity contribution >= 4 is 23.8 Å². The van der Waals surface area contributed by atoms with Crippen LogP contribution in [0.4, 0.5) is 5.69 Å². The maximum absolute atomic E-state index is 10.9. The normalized spacial score (nSPS) is 10.6. The van der Waals surface area contributed by atoms with Crippen LogP contribution in [0.1, 0.15) is 26.4 Å². The van der Waals surface area contributed by atoms with Gasteiger partial charge in [0.2, 0.25) is 0 Å². The van der Waals surface area contributed by atoms with Crippen LogP contribution in [0.2, 0.25) is 0 Å². The number of carboxylic acids is 2. The summed E-state index contributed by atoms with van der Waals surface area (Å²) in [6, 6.07) is 8.95. The monoisotopic (exact) mass is 270 g/mol. The molecule has 0 bridgehead atoms. The highest BCUT2D eigenvalue weighted by Crippen LogP contribution is 2.18. The van der Waals surface area contributed by atoms with Crippen LogP contribution < -0.4 is 0 Å². The summed E-state index contributed by atoms with van der Waals surface area (Å²) in [4.78, 5) is 30.0. The first-order valence-corrected chi connectivity index (χ1v) is 5.63. The maximum Gasteiger partial charge on any atom is 0.335 e. The van der Waals surface area contributed by atoms with E-state index in [1.807, 2.05) is 0 Å². The number of hydrogen-bond acceptors (Lipinski definition) is 4. The van der Waals surface area contributed by atoms with Gasteiger partial charge < -0.3 is 10.2 Å². The second kappa shape index (κ2) is 5.75. The van der Waals surface area contributed by atoms with E-state index in [1.165, 1.54) is 18.3 Å². The van der Waals surface area contributed by atoms with Crippen molar-refractivity contribution < 1.29 is 19.8 Å². The molecule has 1 aromatic carbocycles. The zero-order chi connectivity index (χ0) is 14.5. The Hall–Kier alpha value is -3.02. The highest BCUT2D eigenvalue weighted by molar-refractivity contribution is 5.95. The van der Waals surface area contributed by atoms with E-state index in [0.29, 0.717) is 5.69 Å². The molecule has 0 fully saturated rings. The number of hydrogen-bond donors (Lipinski definition) is 2. The topological polar surface area (TPSA) is 99.9 Å². The summed E-state index contributed by atoms with van der Waals surface area (Å²) in [6.45, 7) is 0. The molecule has 20 heavy (non-hydrogen) atoms. The molecule has 100 valence electrons. The van der Waals surface area contributed by atoms with Crippen molar-refractivity contribution in [2.75, 3.05) is 0 Å². The average molecular weight is 270 g/mol. The van der Waals surface area contributed by atoms with E-state index in [9.17, 15) is 9.59 Å². The first-order chi connectivity index (χ1) is 9.56. The molecule has 6 heteroatoms. The Morgan fingerprint density at radius 1 is 1.05 bits per heavy atom. The predicted molar refractivity (Wildman–Crippen MR) is 71.9 cm³/mol. The molecule has 2 rings (SSSR count). The Morgan fingerprint density at radius 3 is 2.20 bits per heavy atom. The summed E-state index contributed by atoms with van der Waals surface area (Å²) < 4.78 is 0. The second-order valence-corrected chi connectivity index (χ2v) is 3.89. The Bertz CT molecular complexity index is 649. The molecule has 0 aliphatic heterocycles. The largest absolute Gasteiger partial charge is 0.478 e. The summed E-state index contributed by atoms with van der Waals surface area (Å²) >= 11 is 0. The van der Waals surface area contributed by atoms with Gasteiger partial charge in [-0.25, -0.2) is 9.59 Å². The van der Waals surface area contributed by atoms with E-state index in [0.717, 1.165) is 6.07 Å². The SMILES string of the molecule is O=C(O)c1cc(N=Cc2ccccn2)cc(C(=O)O)c1. The summed E-state index contributed by atoms with van der Waals surface area (Å²) in [5.74, 6) is -2.41. The van der Waals surface area contributed by atoms with Crippen molar-refractivity contribution in [1.82, 2.24) is 4.98 Å². The number of nitrogens with zero attached hydrogens (tertiary/aromatic N) is 2. The van der Waals surface area contributed by atoms with Gasteiger partial charge in [-0.3, -0.25) is 9.98 Å².